The van der Waals surface area contributed by atoms with Gasteiger partial charge in [-0.1, -0.05) is 23.1 Å². The van der Waals surface area contributed by atoms with Gasteiger partial charge in [-0.2, -0.15) is 0 Å². The summed E-state index contributed by atoms with van der Waals surface area (Å²) in [6, 6.07) is 11.7. The number of hydrogen-bond donors (Lipinski definition) is 1. The summed E-state index contributed by atoms with van der Waals surface area (Å²) >= 11 is 6.21. The molecule has 1 aromatic heterocycles. The van der Waals surface area contributed by atoms with E-state index in [0.29, 0.717) is 15.9 Å². The number of rotatable bonds is 6. The summed E-state index contributed by atoms with van der Waals surface area (Å²) in [6.45, 7) is 0. The lowest BCUT2D eigenvalue weighted by molar-refractivity contribution is 0.411. The second-order valence-electron chi connectivity index (χ2n) is 4.73. The molecule has 0 saturated carbocycles. The first-order valence-corrected chi connectivity index (χ1v) is 10.9. The van der Waals surface area contributed by atoms with Crippen LogP contribution in [0, 0.1) is 0 Å². The minimum Gasteiger partial charge on any atom is -0.496 e. The van der Waals surface area contributed by atoms with Crippen LogP contribution in [0.4, 0.5) is 5.69 Å². The van der Waals surface area contributed by atoms with E-state index < -0.39 is 10.0 Å². The molecule has 0 spiro atoms. The van der Waals surface area contributed by atoms with Crippen molar-refractivity contribution in [2.75, 3.05) is 11.8 Å². The van der Waals surface area contributed by atoms with E-state index in [1.54, 1.807) is 23.7 Å². The van der Waals surface area contributed by atoms with Crippen LogP contribution in [0.3, 0.4) is 0 Å². The topological polar surface area (TPSA) is 81.2 Å². The summed E-state index contributed by atoms with van der Waals surface area (Å²) in [5.41, 5.74) is 2.14. The summed E-state index contributed by atoms with van der Waals surface area (Å²) in [4.78, 5) is 1.10. The van der Waals surface area contributed by atoms with Gasteiger partial charge in [0.1, 0.15) is 11.3 Å². The lowest BCUT2D eigenvalue weighted by Gasteiger charge is -2.10. The Hall–Kier alpha value is -1.62. The SMILES string of the molecule is COc1ccc(S(=O)(=O)Nc2ccc(Sc3nncs3)cc2)cc1Br. The molecule has 0 aliphatic rings. The number of nitrogens with one attached hydrogen (secondary N) is 1. The van der Waals surface area contributed by atoms with E-state index in [0.717, 1.165) is 9.24 Å². The van der Waals surface area contributed by atoms with Crippen molar-refractivity contribution in [2.45, 2.75) is 14.1 Å². The average molecular weight is 458 g/mol. The fourth-order valence-electron chi connectivity index (χ4n) is 1.93. The molecule has 0 saturated heterocycles. The molecule has 2 aromatic carbocycles. The molecule has 1 heterocycles. The van der Waals surface area contributed by atoms with Crippen LogP contribution < -0.4 is 9.46 Å². The zero-order chi connectivity index (χ0) is 17.9. The van der Waals surface area contributed by atoms with Crippen LogP contribution in [0.1, 0.15) is 0 Å². The van der Waals surface area contributed by atoms with Gasteiger partial charge >= 0.3 is 0 Å². The van der Waals surface area contributed by atoms with E-state index in [9.17, 15) is 8.42 Å². The van der Waals surface area contributed by atoms with Crippen molar-refractivity contribution in [3.63, 3.8) is 0 Å². The van der Waals surface area contributed by atoms with Crippen LogP contribution in [0.5, 0.6) is 5.75 Å². The molecule has 3 aromatic rings. The molecular weight excluding hydrogens is 446 g/mol. The number of methoxy groups -OCH3 is 1. The van der Waals surface area contributed by atoms with Gasteiger partial charge in [0.25, 0.3) is 10.0 Å². The number of ether oxygens (including phenoxy) is 1. The van der Waals surface area contributed by atoms with Gasteiger partial charge in [-0.15, -0.1) is 10.2 Å². The highest BCUT2D eigenvalue weighted by atomic mass is 79.9. The maximum absolute atomic E-state index is 12.5. The smallest absolute Gasteiger partial charge is 0.261 e. The first-order chi connectivity index (χ1) is 12.0. The van der Waals surface area contributed by atoms with Gasteiger partial charge in [0.2, 0.25) is 0 Å². The number of aromatic nitrogens is 2. The molecule has 0 radical (unpaired) electrons. The predicted molar refractivity (Wildman–Crippen MR) is 102 cm³/mol. The van der Waals surface area contributed by atoms with E-state index in [4.69, 9.17) is 4.74 Å². The Balaban J connectivity index is 1.75. The highest BCUT2D eigenvalue weighted by Crippen LogP contribution is 2.31. The normalized spacial score (nSPS) is 11.3. The zero-order valence-corrected chi connectivity index (χ0v) is 16.9. The summed E-state index contributed by atoms with van der Waals surface area (Å²) in [6.07, 6.45) is 0. The Morgan fingerprint density at radius 3 is 2.56 bits per heavy atom. The molecule has 0 atom stereocenters. The van der Waals surface area contributed by atoms with E-state index >= 15 is 0 Å². The van der Waals surface area contributed by atoms with Gasteiger partial charge in [0.15, 0.2) is 4.34 Å². The van der Waals surface area contributed by atoms with Gasteiger partial charge in [-0.25, -0.2) is 8.42 Å². The highest BCUT2D eigenvalue weighted by Gasteiger charge is 2.16. The van der Waals surface area contributed by atoms with E-state index in [2.05, 4.69) is 30.8 Å². The van der Waals surface area contributed by atoms with Crippen molar-refractivity contribution in [1.82, 2.24) is 10.2 Å². The van der Waals surface area contributed by atoms with Gasteiger partial charge in [0, 0.05) is 10.6 Å². The summed E-state index contributed by atoms with van der Waals surface area (Å²) < 4.78 is 34.1. The molecule has 25 heavy (non-hydrogen) atoms. The van der Waals surface area contributed by atoms with Crippen LogP contribution in [-0.2, 0) is 10.0 Å². The fourth-order valence-corrected chi connectivity index (χ4v) is 5.15. The first kappa shape index (κ1) is 18.2. The Bertz CT molecular complexity index is 961. The predicted octanol–water partition coefficient (Wildman–Crippen LogP) is 4.26. The molecule has 3 rings (SSSR count). The second-order valence-corrected chi connectivity index (χ2v) is 9.42. The van der Waals surface area contributed by atoms with E-state index in [-0.39, 0.29) is 4.90 Å². The molecule has 0 aliphatic carbocycles. The number of halogens is 1. The first-order valence-electron chi connectivity index (χ1n) is 6.88. The van der Waals surface area contributed by atoms with Crippen molar-refractivity contribution < 1.29 is 13.2 Å². The molecule has 0 aliphatic heterocycles. The third-order valence-electron chi connectivity index (χ3n) is 3.09. The molecule has 0 bridgehead atoms. The van der Waals surface area contributed by atoms with E-state index in [1.807, 2.05) is 12.1 Å². The lowest BCUT2D eigenvalue weighted by Crippen LogP contribution is -2.12. The number of sulfonamides is 1. The Morgan fingerprint density at radius 2 is 1.96 bits per heavy atom. The van der Waals surface area contributed by atoms with Crippen LogP contribution in [0.15, 0.2) is 66.6 Å². The molecule has 0 amide bonds. The van der Waals surface area contributed by atoms with Crippen LogP contribution in [0.25, 0.3) is 0 Å². The molecule has 1 N–H and O–H groups in total. The average Bonchev–Trinajstić information content (AvgIpc) is 3.09. The van der Waals surface area contributed by atoms with Crippen LogP contribution in [0.2, 0.25) is 0 Å². The van der Waals surface area contributed by atoms with Gasteiger partial charge in [-0.05, 0) is 58.4 Å². The van der Waals surface area contributed by atoms with Crippen molar-refractivity contribution in [3.05, 3.63) is 52.4 Å². The maximum atomic E-state index is 12.5. The second kappa shape index (κ2) is 7.73. The van der Waals surface area contributed by atoms with Gasteiger partial charge in [-0.3, -0.25) is 4.72 Å². The van der Waals surface area contributed by atoms with Crippen LogP contribution >= 0.6 is 39.0 Å². The fraction of sp³-hybridized carbons (Fsp3) is 0.0667. The summed E-state index contributed by atoms with van der Waals surface area (Å²) in [5, 5.41) is 7.74. The number of anilines is 1. The van der Waals surface area contributed by atoms with Gasteiger partial charge in [0.05, 0.1) is 16.5 Å². The Kier molecular flexibility index (Phi) is 5.62. The van der Waals surface area contributed by atoms with Crippen molar-refractivity contribution in [1.29, 1.82) is 0 Å². The minimum absolute atomic E-state index is 0.146. The molecule has 0 fully saturated rings. The summed E-state index contributed by atoms with van der Waals surface area (Å²) in [5.74, 6) is 0.567. The quantitative estimate of drug-likeness (QED) is 0.595. The molecule has 130 valence electrons. The van der Waals surface area contributed by atoms with Crippen molar-refractivity contribution in [3.8, 4) is 5.75 Å². The monoisotopic (exact) mass is 457 g/mol. The minimum atomic E-state index is -3.69. The lowest BCUT2D eigenvalue weighted by atomic mass is 10.3. The van der Waals surface area contributed by atoms with Crippen molar-refractivity contribution >= 4 is 54.7 Å². The van der Waals surface area contributed by atoms with Gasteiger partial charge < -0.3 is 4.74 Å². The van der Waals surface area contributed by atoms with Crippen molar-refractivity contribution in [2.24, 2.45) is 0 Å². The zero-order valence-electron chi connectivity index (χ0n) is 12.8. The van der Waals surface area contributed by atoms with E-state index in [1.165, 1.54) is 42.3 Å². The number of hydrogen-bond acceptors (Lipinski definition) is 7. The third-order valence-corrected chi connectivity index (χ3v) is 6.87. The molecule has 6 nitrogen and oxygen atoms in total. The molecular formula is C15H12BrN3O3S3. The maximum Gasteiger partial charge on any atom is 0.261 e. The Labute approximate surface area is 161 Å². The number of nitrogens with zero attached hydrogens (tertiary/aromatic N) is 2. The largest absolute Gasteiger partial charge is 0.496 e. The third kappa shape index (κ3) is 4.51. The standard InChI is InChI=1S/C15H12BrN3O3S3/c1-22-14-7-6-12(8-13(14)16)25(20,21)19-10-2-4-11(5-3-10)24-15-18-17-9-23-15/h2-9,19H,1H3. The van der Waals surface area contributed by atoms with Crippen LogP contribution in [-0.4, -0.2) is 25.7 Å². The number of benzene rings is 2. The summed E-state index contributed by atoms with van der Waals surface area (Å²) in [7, 11) is -2.16. The highest BCUT2D eigenvalue weighted by molar-refractivity contribution is 9.10. The molecule has 10 heteroatoms. The molecule has 0 unspecified atom stereocenters. The Morgan fingerprint density at radius 1 is 1.20 bits per heavy atom.